The number of aromatic nitrogens is 2. The van der Waals surface area contributed by atoms with Crippen molar-refractivity contribution in [3.05, 3.63) is 18.6 Å². The number of β-amino-alcohol motifs (C(OH)–C–C–N with tert-alkyl or cyclic N) is 1. The van der Waals surface area contributed by atoms with Gasteiger partial charge in [0.15, 0.2) is 0 Å². The maximum absolute atomic E-state index is 11.9. The Hall–Kier alpha value is -1.73. The van der Waals surface area contributed by atoms with Crippen molar-refractivity contribution in [1.29, 1.82) is 0 Å². The number of piperidine rings is 1. The topological polar surface area (TPSA) is 78.8 Å². The molecule has 1 saturated heterocycles. The van der Waals surface area contributed by atoms with E-state index in [1.54, 1.807) is 25.6 Å². The number of anilines is 1. The Morgan fingerprint density at radius 2 is 2.36 bits per heavy atom. The molecule has 1 fully saturated rings. The third-order valence-corrected chi connectivity index (χ3v) is 3.82. The van der Waals surface area contributed by atoms with Gasteiger partial charge in [-0.05, 0) is 19.8 Å². The van der Waals surface area contributed by atoms with Crippen LogP contribution in [-0.4, -0.2) is 71.4 Å². The number of nitrogens with zero attached hydrogens (tertiary/aromatic N) is 4. The summed E-state index contributed by atoms with van der Waals surface area (Å²) < 4.78 is 5.13. The summed E-state index contributed by atoms with van der Waals surface area (Å²) in [6.07, 6.45) is 6.47. The van der Waals surface area contributed by atoms with Gasteiger partial charge in [-0.25, -0.2) is 4.98 Å². The van der Waals surface area contributed by atoms with Gasteiger partial charge in [0, 0.05) is 39.1 Å². The molecule has 0 bridgehead atoms. The summed E-state index contributed by atoms with van der Waals surface area (Å²) in [7, 11) is 1.70. The zero-order valence-corrected chi connectivity index (χ0v) is 13.2. The zero-order valence-electron chi connectivity index (χ0n) is 13.2. The Balaban J connectivity index is 1.96. The SMILES string of the molecule is CCOCC(=O)N(C)C[C@]1(O)CCCN(c2cnccn2)C1. The Morgan fingerprint density at radius 3 is 3.05 bits per heavy atom. The van der Waals surface area contributed by atoms with Crippen LogP contribution in [0.15, 0.2) is 18.6 Å². The van der Waals surface area contributed by atoms with Crippen LogP contribution in [-0.2, 0) is 9.53 Å². The average Bonchev–Trinajstić information content (AvgIpc) is 2.53. The molecule has 7 nitrogen and oxygen atoms in total. The zero-order chi connectivity index (χ0) is 16.0. The highest BCUT2D eigenvalue weighted by Crippen LogP contribution is 2.25. The molecule has 1 atom stereocenters. The van der Waals surface area contributed by atoms with E-state index in [4.69, 9.17) is 4.74 Å². The molecule has 1 N–H and O–H groups in total. The minimum atomic E-state index is -0.938. The number of aliphatic hydroxyl groups is 1. The molecule has 22 heavy (non-hydrogen) atoms. The van der Waals surface area contributed by atoms with Gasteiger partial charge in [0.25, 0.3) is 0 Å². The van der Waals surface area contributed by atoms with Gasteiger partial charge in [0.1, 0.15) is 12.4 Å². The minimum Gasteiger partial charge on any atom is -0.386 e. The molecule has 7 heteroatoms. The first-order valence-electron chi connectivity index (χ1n) is 7.59. The molecule has 1 aromatic rings. The van der Waals surface area contributed by atoms with E-state index < -0.39 is 5.60 Å². The second-order valence-electron chi connectivity index (χ2n) is 5.70. The third-order valence-electron chi connectivity index (χ3n) is 3.82. The molecule has 1 aromatic heterocycles. The first-order valence-corrected chi connectivity index (χ1v) is 7.59. The average molecular weight is 308 g/mol. The lowest BCUT2D eigenvalue weighted by Crippen LogP contribution is -2.55. The fraction of sp³-hybridized carbons (Fsp3) is 0.667. The second-order valence-corrected chi connectivity index (χ2v) is 5.70. The highest BCUT2D eigenvalue weighted by atomic mass is 16.5. The van der Waals surface area contributed by atoms with Crippen LogP contribution in [0.4, 0.5) is 5.82 Å². The number of ether oxygens (including phenoxy) is 1. The van der Waals surface area contributed by atoms with Crippen molar-refractivity contribution < 1.29 is 14.6 Å². The van der Waals surface area contributed by atoms with Gasteiger partial charge in [0.05, 0.1) is 18.3 Å². The minimum absolute atomic E-state index is 0.0525. The Kier molecular flexibility index (Phi) is 5.68. The lowest BCUT2D eigenvalue weighted by Gasteiger charge is -2.41. The van der Waals surface area contributed by atoms with Gasteiger partial charge in [-0.3, -0.25) is 9.78 Å². The van der Waals surface area contributed by atoms with Crippen molar-refractivity contribution in [1.82, 2.24) is 14.9 Å². The van der Waals surface area contributed by atoms with Crippen molar-refractivity contribution in [2.45, 2.75) is 25.4 Å². The predicted octanol–water partition coefficient (Wildman–Crippen LogP) is 0.303. The van der Waals surface area contributed by atoms with E-state index in [1.807, 2.05) is 11.8 Å². The predicted molar refractivity (Wildman–Crippen MR) is 82.6 cm³/mol. The largest absolute Gasteiger partial charge is 0.386 e. The highest BCUT2D eigenvalue weighted by molar-refractivity contribution is 5.77. The summed E-state index contributed by atoms with van der Waals surface area (Å²) >= 11 is 0. The molecule has 0 unspecified atom stereocenters. The van der Waals surface area contributed by atoms with Crippen LogP contribution in [0.3, 0.4) is 0 Å². The molecule has 0 radical (unpaired) electrons. The normalized spacial score (nSPS) is 21.7. The van der Waals surface area contributed by atoms with Gasteiger partial charge < -0.3 is 19.6 Å². The summed E-state index contributed by atoms with van der Waals surface area (Å²) in [5.74, 6) is 0.635. The van der Waals surface area contributed by atoms with Crippen LogP contribution in [0.5, 0.6) is 0 Å². The molecule has 122 valence electrons. The van der Waals surface area contributed by atoms with E-state index in [1.165, 1.54) is 4.90 Å². The standard InChI is InChI=1S/C15H24N4O3/c1-3-22-10-14(20)18(2)11-15(21)5-4-8-19(12-15)13-9-16-6-7-17-13/h6-7,9,21H,3-5,8,10-12H2,1-2H3/t15-/m1/s1. The molecule has 1 aliphatic heterocycles. The second kappa shape index (κ2) is 7.51. The molecule has 0 aromatic carbocycles. The summed E-state index contributed by atoms with van der Waals surface area (Å²) in [6, 6.07) is 0. The molecule has 2 heterocycles. The van der Waals surface area contributed by atoms with E-state index in [-0.39, 0.29) is 19.1 Å². The molecule has 0 saturated carbocycles. The van der Waals surface area contributed by atoms with Gasteiger partial charge >= 0.3 is 0 Å². The van der Waals surface area contributed by atoms with E-state index in [2.05, 4.69) is 9.97 Å². The Bertz CT molecular complexity index is 485. The van der Waals surface area contributed by atoms with Crippen molar-refractivity contribution in [3.63, 3.8) is 0 Å². The Morgan fingerprint density at radius 1 is 1.55 bits per heavy atom. The van der Waals surface area contributed by atoms with Crippen molar-refractivity contribution in [2.24, 2.45) is 0 Å². The van der Waals surface area contributed by atoms with E-state index in [0.717, 1.165) is 18.8 Å². The fourth-order valence-corrected chi connectivity index (χ4v) is 2.72. The molecular formula is C15H24N4O3. The van der Waals surface area contributed by atoms with Crippen LogP contribution >= 0.6 is 0 Å². The fourth-order valence-electron chi connectivity index (χ4n) is 2.72. The third kappa shape index (κ3) is 4.38. The summed E-state index contributed by atoms with van der Waals surface area (Å²) in [6.45, 7) is 3.97. The molecule has 1 aliphatic rings. The maximum Gasteiger partial charge on any atom is 0.248 e. The highest BCUT2D eigenvalue weighted by Gasteiger charge is 2.35. The first kappa shape index (κ1) is 16.6. The van der Waals surface area contributed by atoms with Crippen molar-refractivity contribution >= 4 is 11.7 Å². The van der Waals surface area contributed by atoms with Crippen molar-refractivity contribution in [2.75, 3.05) is 44.8 Å². The summed E-state index contributed by atoms with van der Waals surface area (Å²) in [4.78, 5) is 23.8. The number of carbonyl (C=O) groups is 1. The van der Waals surface area contributed by atoms with Crippen LogP contribution in [0.2, 0.25) is 0 Å². The van der Waals surface area contributed by atoms with Crippen LogP contribution in [0.1, 0.15) is 19.8 Å². The van der Waals surface area contributed by atoms with E-state index in [9.17, 15) is 9.90 Å². The quantitative estimate of drug-likeness (QED) is 0.814. The lowest BCUT2D eigenvalue weighted by molar-refractivity contribution is -0.138. The van der Waals surface area contributed by atoms with Gasteiger partial charge in [0.2, 0.25) is 5.91 Å². The number of carbonyl (C=O) groups excluding carboxylic acids is 1. The number of rotatable bonds is 6. The van der Waals surface area contributed by atoms with Gasteiger partial charge in [-0.2, -0.15) is 0 Å². The van der Waals surface area contributed by atoms with Crippen LogP contribution in [0, 0.1) is 0 Å². The summed E-state index contributed by atoms with van der Waals surface area (Å²) in [5.41, 5.74) is -0.938. The number of likely N-dealkylation sites (N-methyl/N-ethyl adjacent to an activating group) is 1. The number of hydrogen-bond donors (Lipinski definition) is 1. The Labute approximate surface area is 130 Å². The number of amides is 1. The first-order chi connectivity index (χ1) is 10.5. The molecule has 0 aliphatic carbocycles. The van der Waals surface area contributed by atoms with E-state index in [0.29, 0.717) is 19.6 Å². The summed E-state index contributed by atoms with van der Waals surface area (Å²) in [5, 5.41) is 10.8. The smallest absolute Gasteiger partial charge is 0.248 e. The monoisotopic (exact) mass is 308 g/mol. The van der Waals surface area contributed by atoms with Gasteiger partial charge in [-0.1, -0.05) is 0 Å². The molecule has 0 spiro atoms. The lowest BCUT2D eigenvalue weighted by atomic mass is 9.92. The van der Waals surface area contributed by atoms with E-state index >= 15 is 0 Å². The molecular weight excluding hydrogens is 284 g/mol. The van der Waals surface area contributed by atoms with Crippen LogP contribution in [0.25, 0.3) is 0 Å². The molecule has 1 amide bonds. The maximum atomic E-state index is 11.9. The number of hydrogen-bond acceptors (Lipinski definition) is 6. The van der Waals surface area contributed by atoms with Gasteiger partial charge in [-0.15, -0.1) is 0 Å². The van der Waals surface area contributed by atoms with Crippen molar-refractivity contribution in [3.8, 4) is 0 Å². The van der Waals surface area contributed by atoms with Crippen LogP contribution < -0.4 is 4.90 Å². The molecule has 2 rings (SSSR count).